The van der Waals surface area contributed by atoms with Crippen molar-refractivity contribution in [2.75, 3.05) is 18.4 Å². The highest BCUT2D eigenvalue weighted by Crippen LogP contribution is 2.21. The van der Waals surface area contributed by atoms with Gasteiger partial charge in [0.1, 0.15) is 0 Å². The summed E-state index contributed by atoms with van der Waals surface area (Å²) in [7, 11) is 0. The third-order valence-corrected chi connectivity index (χ3v) is 4.98. The lowest BCUT2D eigenvalue weighted by Crippen LogP contribution is -2.41. The Morgan fingerprint density at radius 2 is 2.29 bits per heavy atom. The minimum Gasteiger partial charge on any atom is -0.350 e. The van der Waals surface area contributed by atoms with Gasteiger partial charge in [-0.05, 0) is 56.3 Å². The van der Waals surface area contributed by atoms with Gasteiger partial charge >= 0.3 is 0 Å². The van der Waals surface area contributed by atoms with Crippen LogP contribution in [0.1, 0.15) is 29.0 Å². The first-order valence-electron chi connectivity index (χ1n) is 7.52. The molecule has 112 valence electrons. The molecule has 1 saturated heterocycles. The predicted octanol–water partition coefficient (Wildman–Crippen LogP) is 3.23. The fourth-order valence-electron chi connectivity index (χ4n) is 2.79. The van der Waals surface area contributed by atoms with Crippen LogP contribution < -0.4 is 5.32 Å². The lowest BCUT2D eigenvalue weighted by Gasteiger charge is -2.33. The quantitative estimate of drug-likeness (QED) is 0.941. The van der Waals surface area contributed by atoms with Crippen molar-refractivity contribution in [3.63, 3.8) is 0 Å². The lowest BCUT2D eigenvalue weighted by molar-refractivity contribution is 0.209. The molecule has 21 heavy (non-hydrogen) atoms. The number of hydrogen-bond donors (Lipinski definition) is 1. The second kappa shape index (κ2) is 6.54. The zero-order valence-electron chi connectivity index (χ0n) is 12.7. The van der Waals surface area contributed by atoms with E-state index in [0.717, 1.165) is 24.7 Å². The number of hydrogen-bond acceptors (Lipinski definition) is 5. The number of anilines is 1. The van der Waals surface area contributed by atoms with Crippen molar-refractivity contribution in [1.82, 2.24) is 14.9 Å². The molecule has 1 unspecified atom stereocenters. The molecular weight excluding hydrogens is 280 g/mol. The van der Waals surface area contributed by atoms with E-state index in [0.29, 0.717) is 6.04 Å². The highest BCUT2D eigenvalue weighted by molar-refractivity contribution is 7.10. The molecule has 5 heteroatoms. The van der Waals surface area contributed by atoms with Gasteiger partial charge in [-0.2, -0.15) is 0 Å². The Balaban J connectivity index is 1.59. The predicted molar refractivity (Wildman–Crippen MR) is 87.7 cm³/mol. The van der Waals surface area contributed by atoms with Crippen LogP contribution >= 0.6 is 11.3 Å². The number of likely N-dealkylation sites (tertiary alicyclic amines) is 1. The molecule has 0 bridgehead atoms. The van der Waals surface area contributed by atoms with Gasteiger partial charge in [0.15, 0.2) is 0 Å². The molecule has 0 spiro atoms. The number of aryl methyl sites for hydroxylation is 2. The van der Waals surface area contributed by atoms with E-state index in [2.05, 4.69) is 38.6 Å². The Hall–Kier alpha value is -1.46. The smallest absolute Gasteiger partial charge is 0.223 e. The van der Waals surface area contributed by atoms with Crippen LogP contribution in [0.2, 0.25) is 0 Å². The molecule has 1 N–H and O–H groups in total. The summed E-state index contributed by atoms with van der Waals surface area (Å²) in [5, 5.41) is 5.67. The normalized spacial score (nSPS) is 19.6. The zero-order chi connectivity index (χ0) is 14.7. The van der Waals surface area contributed by atoms with Gasteiger partial charge in [-0.15, -0.1) is 11.3 Å². The summed E-state index contributed by atoms with van der Waals surface area (Å²) in [6, 6.07) is 4.58. The van der Waals surface area contributed by atoms with Crippen molar-refractivity contribution in [1.29, 1.82) is 0 Å². The monoisotopic (exact) mass is 302 g/mol. The topological polar surface area (TPSA) is 41.1 Å². The van der Waals surface area contributed by atoms with Gasteiger partial charge in [-0.3, -0.25) is 4.90 Å². The third-order valence-electron chi connectivity index (χ3n) is 3.97. The van der Waals surface area contributed by atoms with Crippen molar-refractivity contribution in [3.05, 3.63) is 39.8 Å². The van der Waals surface area contributed by atoms with Gasteiger partial charge in [0.25, 0.3) is 0 Å². The van der Waals surface area contributed by atoms with Gasteiger partial charge in [0, 0.05) is 35.9 Å². The van der Waals surface area contributed by atoms with E-state index in [1.54, 1.807) is 0 Å². The fraction of sp³-hybridized carbons (Fsp3) is 0.500. The lowest BCUT2D eigenvalue weighted by atomic mass is 10.1. The minimum atomic E-state index is 0.445. The number of aromatic nitrogens is 2. The van der Waals surface area contributed by atoms with Gasteiger partial charge in [0.2, 0.25) is 5.95 Å². The summed E-state index contributed by atoms with van der Waals surface area (Å²) in [5.41, 5.74) is 2.42. The summed E-state index contributed by atoms with van der Waals surface area (Å²) < 4.78 is 0. The Morgan fingerprint density at radius 3 is 3.05 bits per heavy atom. The SMILES string of the molecule is Cc1ccnc(NC2CCCN(Cc3sccc3C)C2)n1. The Kier molecular flexibility index (Phi) is 4.51. The van der Waals surface area contributed by atoms with E-state index in [4.69, 9.17) is 0 Å². The Labute approximate surface area is 130 Å². The zero-order valence-corrected chi connectivity index (χ0v) is 13.5. The van der Waals surface area contributed by atoms with Gasteiger partial charge in [0.05, 0.1) is 0 Å². The molecular formula is C16H22N4S. The van der Waals surface area contributed by atoms with Gasteiger partial charge < -0.3 is 5.32 Å². The molecule has 1 atom stereocenters. The maximum absolute atomic E-state index is 4.44. The van der Waals surface area contributed by atoms with Crippen LogP contribution in [-0.2, 0) is 6.54 Å². The molecule has 1 fully saturated rings. The summed E-state index contributed by atoms with van der Waals surface area (Å²) >= 11 is 1.86. The number of piperidine rings is 1. The molecule has 0 amide bonds. The van der Waals surface area contributed by atoms with Crippen molar-refractivity contribution >= 4 is 17.3 Å². The van der Waals surface area contributed by atoms with E-state index in [1.165, 1.54) is 29.8 Å². The molecule has 2 aromatic rings. The van der Waals surface area contributed by atoms with Crippen LogP contribution in [0.4, 0.5) is 5.95 Å². The largest absolute Gasteiger partial charge is 0.350 e. The molecule has 1 aliphatic heterocycles. The second-order valence-corrected chi connectivity index (χ2v) is 6.77. The van der Waals surface area contributed by atoms with E-state index in [9.17, 15) is 0 Å². The molecule has 4 nitrogen and oxygen atoms in total. The number of rotatable bonds is 4. The van der Waals surface area contributed by atoms with Crippen molar-refractivity contribution in [2.24, 2.45) is 0 Å². The maximum Gasteiger partial charge on any atom is 0.223 e. The average Bonchev–Trinajstić information content (AvgIpc) is 2.85. The Morgan fingerprint density at radius 1 is 1.38 bits per heavy atom. The molecule has 3 heterocycles. The summed E-state index contributed by atoms with van der Waals surface area (Å²) in [5.74, 6) is 0.758. The summed E-state index contributed by atoms with van der Waals surface area (Å²) in [4.78, 5) is 12.8. The molecule has 0 aromatic carbocycles. The van der Waals surface area contributed by atoms with E-state index in [1.807, 2.05) is 30.5 Å². The van der Waals surface area contributed by atoms with Crippen LogP contribution in [0.3, 0.4) is 0 Å². The van der Waals surface area contributed by atoms with Crippen LogP contribution in [0, 0.1) is 13.8 Å². The summed E-state index contributed by atoms with van der Waals surface area (Å²) in [6.45, 7) is 7.51. The second-order valence-electron chi connectivity index (χ2n) is 5.77. The maximum atomic E-state index is 4.44. The van der Waals surface area contributed by atoms with Crippen molar-refractivity contribution in [3.8, 4) is 0 Å². The first kappa shape index (κ1) is 14.5. The Bertz CT molecular complexity index is 595. The van der Waals surface area contributed by atoms with Gasteiger partial charge in [-0.25, -0.2) is 9.97 Å². The number of nitrogens with zero attached hydrogens (tertiary/aromatic N) is 3. The molecule has 2 aromatic heterocycles. The average molecular weight is 302 g/mol. The van der Waals surface area contributed by atoms with Crippen LogP contribution in [0.15, 0.2) is 23.7 Å². The third kappa shape index (κ3) is 3.80. The number of nitrogens with one attached hydrogen (secondary N) is 1. The van der Waals surface area contributed by atoms with E-state index >= 15 is 0 Å². The molecule has 1 aliphatic rings. The van der Waals surface area contributed by atoms with Crippen LogP contribution in [0.5, 0.6) is 0 Å². The van der Waals surface area contributed by atoms with Crippen molar-refractivity contribution < 1.29 is 0 Å². The van der Waals surface area contributed by atoms with Crippen LogP contribution in [0.25, 0.3) is 0 Å². The highest BCUT2D eigenvalue weighted by Gasteiger charge is 2.21. The minimum absolute atomic E-state index is 0.445. The fourth-order valence-corrected chi connectivity index (χ4v) is 3.73. The standard InChI is InChI=1S/C16H22N4S/c1-12-6-9-21-15(12)11-20-8-3-4-14(10-20)19-16-17-7-5-13(2)18-16/h5-7,9,14H,3-4,8,10-11H2,1-2H3,(H,17,18,19). The highest BCUT2D eigenvalue weighted by atomic mass is 32.1. The van der Waals surface area contributed by atoms with Crippen LogP contribution in [-0.4, -0.2) is 34.0 Å². The first-order valence-corrected chi connectivity index (χ1v) is 8.40. The molecule has 3 rings (SSSR count). The molecule has 0 saturated carbocycles. The van der Waals surface area contributed by atoms with Gasteiger partial charge in [-0.1, -0.05) is 0 Å². The molecule has 0 aliphatic carbocycles. The van der Waals surface area contributed by atoms with Crippen molar-refractivity contribution in [2.45, 2.75) is 39.3 Å². The van der Waals surface area contributed by atoms with E-state index in [-0.39, 0.29) is 0 Å². The first-order chi connectivity index (χ1) is 10.2. The molecule has 0 radical (unpaired) electrons. The number of thiophene rings is 1. The van der Waals surface area contributed by atoms with E-state index < -0.39 is 0 Å². The summed E-state index contributed by atoms with van der Waals surface area (Å²) in [6.07, 6.45) is 4.24.